The van der Waals surface area contributed by atoms with Crippen LogP contribution in [0.25, 0.3) is 0 Å². The van der Waals surface area contributed by atoms with Gasteiger partial charge >= 0.3 is 11.8 Å². The quantitative estimate of drug-likeness (QED) is 0.541. The first kappa shape index (κ1) is 24.5. The molecule has 3 rings (SSSR count). The van der Waals surface area contributed by atoms with Crippen molar-refractivity contribution in [2.24, 2.45) is 0 Å². The standard InChI is InChI=1S/C22H27N3O7S/c1-30-17-7-9-19(10-8-17)33(28,29)25-11-4-12-32-20(25)15-24-22(27)21(26)23-14-16-5-3-6-18(13-16)31-2/h3,5-10,13,20H,4,11-12,14-15H2,1-2H3,(H,23,26)(H,24,27)/t20-/m1/s1. The zero-order chi connectivity index (χ0) is 23.8. The lowest BCUT2D eigenvalue weighted by molar-refractivity contribution is -0.140. The second-order valence-corrected chi connectivity index (χ2v) is 9.11. The zero-order valence-corrected chi connectivity index (χ0v) is 19.3. The number of rotatable bonds is 8. The molecule has 1 aliphatic heterocycles. The fourth-order valence-corrected chi connectivity index (χ4v) is 4.86. The lowest BCUT2D eigenvalue weighted by Crippen LogP contribution is -2.53. The molecule has 1 fully saturated rings. The number of carbonyl (C=O) groups is 2. The monoisotopic (exact) mass is 477 g/mol. The molecule has 0 aromatic heterocycles. The number of sulfonamides is 1. The van der Waals surface area contributed by atoms with Gasteiger partial charge in [0.05, 0.1) is 32.3 Å². The van der Waals surface area contributed by atoms with E-state index in [2.05, 4.69) is 10.6 Å². The van der Waals surface area contributed by atoms with E-state index in [4.69, 9.17) is 14.2 Å². The van der Waals surface area contributed by atoms with Gasteiger partial charge in [-0.2, -0.15) is 4.31 Å². The minimum absolute atomic E-state index is 0.0844. The van der Waals surface area contributed by atoms with Gasteiger partial charge < -0.3 is 24.8 Å². The minimum atomic E-state index is -3.87. The van der Waals surface area contributed by atoms with Crippen molar-refractivity contribution in [2.75, 3.05) is 33.9 Å². The van der Waals surface area contributed by atoms with E-state index in [1.54, 1.807) is 36.4 Å². The maximum absolute atomic E-state index is 13.1. The molecule has 0 aliphatic carbocycles. The summed E-state index contributed by atoms with van der Waals surface area (Å²) in [4.78, 5) is 24.5. The molecule has 11 heteroatoms. The highest BCUT2D eigenvalue weighted by Gasteiger charge is 2.35. The van der Waals surface area contributed by atoms with E-state index in [9.17, 15) is 18.0 Å². The van der Waals surface area contributed by atoms with Gasteiger partial charge in [0.2, 0.25) is 10.0 Å². The summed E-state index contributed by atoms with van der Waals surface area (Å²) >= 11 is 0. The topological polar surface area (TPSA) is 123 Å². The summed E-state index contributed by atoms with van der Waals surface area (Å²) in [7, 11) is -0.836. The van der Waals surface area contributed by atoms with E-state index in [0.29, 0.717) is 24.5 Å². The van der Waals surface area contributed by atoms with E-state index in [1.807, 2.05) is 0 Å². The van der Waals surface area contributed by atoms with Gasteiger partial charge in [0.25, 0.3) is 0 Å². The van der Waals surface area contributed by atoms with Crippen LogP contribution in [0.5, 0.6) is 11.5 Å². The highest BCUT2D eigenvalue weighted by atomic mass is 32.2. The summed E-state index contributed by atoms with van der Waals surface area (Å²) in [5.41, 5.74) is 0.767. The molecule has 33 heavy (non-hydrogen) atoms. The maximum Gasteiger partial charge on any atom is 0.309 e. The molecule has 10 nitrogen and oxygen atoms in total. The van der Waals surface area contributed by atoms with Crippen LogP contribution < -0.4 is 20.1 Å². The first-order valence-corrected chi connectivity index (χ1v) is 11.8. The lowest BCUT2D eigenvalue weighted by Gasteiger charge is -2.34. The number of methoxy groups -OCH3 is 2. The fourth-order valence-electron chi connectivity index (χ4n) is 3.29. The van der Waals surface area contributed by atoms with Crippen molar-refractivity contribution in [2.45, 2.75) is 24.1 Å². The van der Waals surface area contributed by atoms with Gasteiger partial charge in [-0.3, -0.25) is 9.59 Å². The van der Waals surface area contributed by atoms with E-state index in [1.165, 1.54) is 30.7 Å². The SMILES string of the molecule is COc1ccc(S(=O)(=O)N2CCCO[C@@H]2CNC(=O)C(=O)NCc2cccc(OC)c2)cc1. The van der Waals surface area contributed by atoms with Crippen molar-refractivity contribution < 1.29 is 32.2 Å². The Kier molecular flexibility index (Phi) is 8.26. The van der Waals surface area contributed by atoms with Crippen molar-refractivity contribution in [1.82, 2.24) is 14.9 Å². The third kappa shape index (κ3) is 6.21. The van der Waals surface area contributed by atoms with Crippen molar-refractivity contribution in [3.05, 3.63) is 54.1 Å². The molecule has 2 aromatic rings. The van der Waals surface area contributed by atoms with Gasteiger partial charge in [-0.25, -0.2) is 8.42 Å². The number of carbonyl (C=O) groups excluding carboxylic acids is 2. The Morgan fingerprint density at radius 1 is 1.03 bits per heavy atom. The van der Waals surface area contributed by atoms with Crippen LogP contribution in [0.2, 0.25) is 0 Å². The van der Waals surface area contributed by atoms with Crippen LogP contribution in [-0.4, -0.2) is 64.7 Å². The predicted octanol–water partition coefficient (Wildman–Crippen LogP) is 0.874. The summed E-state index contributed by atoms with van der Waals surface area (Å²) < 4.78 is 43.2. The molecule has 0 unspecified atom stereocenters. The molecule has 0 bridgehead atoms. The summed E-state index contributed by atoms with van der Waals surface area (Å²) in [6.45, 7) is 0.552. The first-order chi connectivity index (χ1) is 15.8. The number of hydrogen-bond donors (Lipinski definition) is 2. The van der Waals surface area contributed by atoms with Gasteiger partial charge in [0.1, 0.15) is 17.7 Å². The number of amides is 2. The Hall–Kier alpha value is -3.15. The van der Waals surface area contributed by atoms with E-state index in [0.717, 1.165) is 5.56 Å². The fraction of sp³-hybridized carbons (Fsp3) is 0.364. The highest BCUT2D eigenvalue weighted by molar-refractivity contribution is 7.89. The Morgan fingerprint density at radius 2 is 1.73 bits per heavy atom. The number of nitrogens with zero attached hydrogens (tertiary/aromatic N) is 1. The largest absolute Gasteiger partial charge is 0.497 e. The Morgan fingerprint density at radius 3 is 2.42 bits per heavy atom. The van der Waals surface area contributed by atoms with E-state index < -0.39 is 28.1 Å². The second kappa shape index (κ2) is 11.1. The van der Waals surface area contributed by atoms with Crippen molar-refractivity contribution in [3.63, 3.8) is 0 Å². The summed E-state index contributed by atoms with van der Waals surface area (Å²) in [6.07, 6.45) is -0.415. The molecule has 0 radical (unpaired) electrons. The van der Waals surface area contributed by atoms with Crippen LogP contribution in [0.15, 0.2) is 53.4 Å². The van der Waals surface area contributed by atoms with Crippen molar-refractivity contribution in [1.29, 1.82) is 0 Å². The Labute approximate surface area is 192 Å². The van der Waals surface area contributed by atoms with Crippen LogP contribution in [0.4, 0.5) is 0 Å². The average Bonchev–Trinajstić information content (AvgIpc) is 2.86. The van der Waals surface area contributed by atoms with E-state index >= 15 is 0 Å². The molecule has 0 saturated carbocycles. The number of ether oxygens (including phenoxy) is 3. The van der Waals surface area contributed by atoms with Crippen LogP contribution in [0, 0.1) is 0 Å². The molecule has 2 aromatic carbocycles. The zero-order valence-electron chi connectivity index (χ0n) is 18.4. The maximum atomic E-state index is 13.1. The Balaban J connectivity index is 1.58. The normalized spacial score (nSPS) is 16.6. The minimum Gasteiger partial charge on any atom is -0.497 e. The molecule has 1 atom stereocenters. The molecule has 0 spiro atoms. The van der Waals surface area contributed by atoms with Crippen molar-refractivity contribution >= 4 is 21.8 Å². The number of benzene rings is 2. The number of hydrogen-bond acceptors (Lipinski definition) is 7. The van der Waals surface area contributed by atoms with Gasteiger partial charge in [0, 0.05) is 13.1 Å². The van der Waals surface area contributed by atoms with Gasteiger partial charge in [-0.1, -0.05) is 12.1 Å². The molecule has 1 saturated heterocycles. The molecule has 1 heterocycles. The van der Waals surface area contributed by atoms with Crippen LogP contribution >= 0.6 is 0 Å². The van der Waals surface area contributed by atoms with Crippen LogP contribution in [-0.2, 0) is 30.9 Å². The average molecular weight is 478 g/mol. The molecule has 178 valence electrons. The Bertz CT molecular complexity index is 1070. The van der Waals surface area contributed by atoms with Crippen LogP contribution in [0.3, 0.4) is 0 Å². The van der Waals surface area contributed by atoms with Crippen LogP contribution in [0.1, 0.15) is 12.0 Å². The summed E-state index contributed by atoms with van der Waals surface area (Å²) in [5, 5.41) is 4.98. The molecule has 2 amide bonds. The predicted molar refractivity (Wildman–Crippen MR) is 119 cm³/mol. The summed E-state index contributed by atoms with van der Waals surface area (Å²) in [5.74, 6) is -0.543. The molecule has 1 aliphatic rings. The first-order valence-electron chi connectivity index (χ1n) is 10.3. The lowest BCUT2D eigenvalue weighted by atomic mass is 10.2. The molecular formula is C22H27N3O7S. The molecular weight excluding hydrogens is 450 g/mol. The van der Waals surface area contributed by atoms with E-state index in [-0.39, 0.29) is 24.5 Å². The smallest absolute Gasteiger partial charge is 0.309 e. The third-order valence-electron chi connectivity index (χ3n) is 5.05. The van der Waals surface area contributed by atoms with Gasteiger partial charge in [-0.15, -0.1) is 0 Å². The summed E-state index contributed by atoms with van der Waals surface area (Å²) in [6, 6.07) is 13.1. The number of nitrogens with one attached hydrogen (secondary N) is 2. The second-order valence-electron chi connectivity index (χ2n) is 7.21. The van der Waals surface area contributed by atoms with Crippen molar-refractivity contribution in [3.8, 4) is 11.5 Å². The molecule has 2 N–H and O–H groups in total. The third-order valence-corrected chi connectivity index (χ3v) is 6.95. The van der Waals surface area contributed by atoms with Gasteiger partial charge in [-0.05, 0) is 48.4 Å². The van der Waals surface area contributed by atoms with Gasteiger partial charge in [0.15, 0.2) is 0 Å². The highest BCUT2D eigenvalue weighted by Crippen LogP contribution is 2.23.